The highest BCUT2D eigenvalue weighted by molar-refractivity contribution is 5.45. The zero-order chi connectivity index (χ0) is 10.9. The van der Waals surface area contributed by atoms with Gasteiger partial charge in [-0.1, -0.05) is 39.8 Å². The molecule has 0 fully saturated rings. The molecule has 1 heteroatoms. The molecule has 1 aromatic carbocycles. The molecule has 0 aliphatic carbocycles. The number of phenolic OH excluding ortho intramolecular Hbond substituents is 1. The summed E-state index contributed by atoms with van der Waals surface area (Å²) in [6, 6.07) is 4.20. The molecule has 78 valence electrons. The molecule has 0 saturated heterocycles. The van der Waals surface area contributed by atoms with Crippen LogP contribution >= 0.6 is 0 Å². The Labute approximate surface area is 86.8 Å². The minimum absolute atomic E-state index is 0.382. The van der Waals surface area contributed by atoms with Crippen molar-refractivity contribution in [1.29, 1.82) is 0 Å². The lowest BCUT2D eigenvalue weighted by molar-refractivity contribution is 0.460. The van der Waals surface area contributed by atoms with E-state index < -0.39 is 0 Å². The molecule has 14 heavy (non-hydrogen) atoms. The van der Waals surface area contributed by atoms with Gasteiger partial charge in [-0.05, 0) is 35.4 Å². The van der Waals surface area contributed by atoms with Gasteiger partial charge in [-0.2, -0.15) is 0 Å². The van der Waals surface area contributed by atoms with Crippen LogP contribution < -0.4 is 0 Å². The van der Waals surface area contributed by atoms with Crippen molar-refractivity contribution in [2.45, 2.75) is 46.5 Å². The predicted octanol–water partition coefficient (Wildman–Crippen LogP) is 3.95. The first kappa shape index (κ1) is 11.1. The van der Waals surface area contributed by atoms with Gasteiger partial charge in [0.25, 0.3) is 0 Å². The van der Waals surface area contributed by atoms with E-state index in [0.717, 1.165) is 11.1 Å². The molecular weight excluding hydrogens is 172 g/mol. The van der Waals surface area contributed by atoms with Crippen LogP contribution in [0.5, 0.6) is 5.75 Å². The largest absolute Gasteiger partial charge is 0.507 e. The lowest BCUT2D eigenvalue weighted by Gasteiger charge is -2.15. The minimum Gasteiger partial charge on any atom is -0.507 e. The van der Waals surface area contributed by atoms with Crippen molar-refractivity contribution >= 4 is 0 Å². The quantitative estimate of drug-likeness (QED) is 0.752. The summed E-state index contributed by atoms with van der Waals surface area (Å²) in [5, 5.41) is 9.87. The summed E-state index contributed by atoms with van der Waals surface area (Å²) in [6.45, 7) is 10.5. The van der Waals surface area contributed by atoms with Crippen LogP contribution in [0, 0.1) is 6.92 Å². The second-order valence-corrected chi connectivity index (χ2v) is 4.59. The Bertz CT molecular complexity index is 324. The molecule has 1 rings (SSSR count). The Kier molecular flexibility index (Phi) is 3.20. The average molecular weight is 192 g/mol. The number of hydrogen-bond donors (Lipinski definition) is 1. The second-order valence-electron chi connectivity index (χ2n) is 4.59. The maximum absolute atomic E-state index is 9.87. The van der Waals surface area contributed by atoms with Gasteiger partial charge in [0.05, 0.1) is 0 Å². The van der Waals surface area contributed by atoms with E-state index in [-0.39, 0.29) is 0 Å². The number of rotatable bonds is 2. The highest BCUT2D eigenvalue weighted by atomic mass is 16.3. The summed E-state index contributed by atoms with van der Waals surface area (Å²) in [6.07, 6.45) is 0. The number of phenols is 1. The van der Waals surface area contributed by atoms with E-state index in [2.05, 4.69) is 39.8 Å². The molecule has 0 heterocycles. The highest BCUT2D eigenvalue weighted by Gasteiger charge is 2.11. The molecule has 0 radical (unpaired) electrons. The molecule has 0 aliphatic heterocycles. The zero-order valence-corrected chi connectivity index (χ0v) is 9.76. The number of hydrogen-bond acceptors (Lipinski definition) is 1. The molecule has 0 saturated carbocycles. The number of aromatic hydroxyl groups is 1. The molecule has 0 aromatic heterocycles. The summed E-state index contributed by atoms with van der Waals surface area (Å²) in [4.78, 5) is 0. The van der Waals surface area contributed by atoms with Crippen LogP contribution in [0.3, 0.4) is 0 Å². The standard InChI is InChI=1S/C13H20O/c1-8(2)11-6-10(5)13(14)12(7-11)9(3)4/h6-9,14H,1-5H3. The first-order valence-corrected chi connectivity index (χ1v) is 5.27. The fourth-order valence-corrected chi connectivity index (χ4v) is 1.61. The Morgan fingerprint density at radius 3 is 2.00 bits per heavy atom. The Hall–Kier alpha value is -0.980. The van der Waals surface area contributed by atoms with Gasteiger partial charge < -0.3 is 5.11 Å². The van der Waals surface area contributed by atoms with Gasteiger partial charge in [0.1, 0.15) is 5.75 Å². The van der Waals surface area contributed by atoms with E-state index in [1.807, 2.05) is 6.92 Å². The summed E-state index contributed by atoms with van der Waals surface area (Å²) in [5.41, 5.74) is 3.36. The van der Waals surface area contributed by atoms with Crippen molar-refractivity contribution in [3.05, 3.63) is 28.8 Å². The first-order valence-electron chi connectivity index (χ1n) is 5.27. The van der Waals surface area contributed by atoms with Gasteiger partial charge in [-0.3, -0.25) is 0 Å². The third-order valence-electron chi connectivity index (χ3n) is 2.64. The van der Waals surface area contributed by atoms with E-state index in [1.54, 1.807) is 0 Å². The topological polar surface area (TPSA) is 20.2 Å². The molecule has 1 N–H and O–H groups in total. The van der Waals surface area contributed by atoms with Crippen molar-refractivity contribution in [2.75, 3.05) is 0 Å². The highest BCUT2D eigenvalue weighted by Crippen LogP contribution is 2.32. The van der Waals surface area contributed by atoms with Gasteiger partial charge in [0.2, 0.25) is 0 Å². The average Bonchev–Trinajstić information content (AvgIpc) is 2.08. The molecule has 0 bridgehead atoms. The predicted molar refractivity (Wildman–Crippen MR) is 61.0 cm³/mol. The van der Waals surface area contributed by atoms with E-state index >= 15 is 0 Å². The molecule has 1 aromatic rings. The monoisotopic (exact) mass is 192 g/mol. The SMILES string of the molecule is Cc1cc(C(C)C)cc(C(C)C)c1O. The van der Waals surface area contributed by atoms with Gasteiger partial charge in [0, 0.05) is 0 Å². The summed E-state index contributed by atoms with van der Waals surface area (Å²) < 4.78 is 0. The Morgan fingerprint density at radius 2 is 1.57 bits per heavy atom. The van der Waals surface area contributed by atoms with E-state index in [9.17, 15) is 5.11 Å². The Balaban J connectivity index is 3.28. The van der Waals surface area contributed by atoms with Gasteiger partial charge in [-0.15, -0.1) is 0 Å². The molecule has 0 unspecified atom stereocenters. The fraction of sp³-hybridized carbons (Fsp3) is 0.538. The minimum atomic E-state index is 0.382. The number of aryl methyl sites for hydroxylation is 1. The van der Waals surface area contributed by atoms with E-state index in [1.165, 1.54) is 5.56 Å². The van der Waals surface area contributed by atoms with Crippen LogP contribution in [0.15, 0.2) is 12.1 Å². The van der Waals surface area contributed by atoms with Crippen molar-refractivity contribution in [1.82, 2.24) is 0 Å². The van der Waals surface area contributed by atoms with Crippen LogP contribution in [-0.4, -0.2) is 5.11 Å². The lowest BCUT2D eigenvalue weighted by Crippen LogP contribution is -1.95. The summed E-state index contributed by atoms with van der Waals surface area (Å²) in [5.74, 6) is 1.36. The van der Waals surface area contributed by atoms with Crippen LogP contribution in [0.4, 0.5) is 0 Å². The van der Waals surface area contributed by atoms with E-state index in [0.29, 0.717) is 17.6 Å². The molecule has 1 nitrogen and oxygen atoms in total. The maximum atomic E-state index is 9.87. The summed E-state index contributed by atoms with van der Waals surface area (Å²) in [7, 11) is 0. The summed E-state index contributed by atoms with van der Waals surface area (Å²) >= 11 is 0. The van der Waals surface area contributed by atoms with Crippen LogP contribution in [-0.2, 0) is 0 Å². The third kappa shape index (κ3) is 2.09. The molecule has 0 aliphatic rings. The van der Waals surface area contributed by atoms with Crippen LogP contribution in [0.1, 0.15) is 56.2 Å². The van der Waals surface area contributed by atoms with Gasteiger partial charge in [-0.25, -0.2) is 0 Å². The Morgan fingerprint density at radius 1 is 1.00 bits per heavy atom. The zero-order valence-electron chi connectivity index (χ0n) is 9.76. The third-order valence-corrected chi connectivity index (χ3v) is 2.64. The second kappa shape index (κ2) is 4.04. The van der Waals surface area contributed by atoms with Gasteiger partial charge >= 0.3 is 0 Å². The molecule has 0 atom stereocenters. The van der Waals surface area contributed by atoms with Crippen LogP contribution in [0.2, 0.25) is 0 Å². The van der Waals surface area contributed by atoms with Crippen molar-refractivity contribution in [3.8, 4) is 5.75 Å². The van der Waals surface area contributed by atoms with Crippen molar-refractivity contribution in [2.24, 2.45) is 0 Å². The lowest BCUT2D eigenvalue weighted by atomic mass is 9.92. The molecule has 0 spiro atoms. The van der Waals surface area contributed by atoms with Gasteiger partial charge in [0.15, 0.2) is 0 Å². The smallest absolute Gasteiger partial charge is 0.121 e. The fourth-order valence-electron chi connectivity index (χ4n) is 1.61. The van der Waals surface area contributed by atoms with E-state index in [4.69, 9.17) is 0 Å². The van der Waals surface area contributed by atoms with Crippen molar-refractivity contribution in [3.63, 3.8) is 0 Å². The molecule has 0 amide bonds. The molecular formula is C13H20O. The van der Waals surface area contributed by atoms with Crippen molar-refractivity contribution < 1.29 is 5.11 Å². The van der Waals surface area contributed by atoms with Crippen LogP contribution in [0.25, 0.3) is 0 Å². The first-order chi connectivity index (χ1) is 6.43. The normalized spacial score (nSPS) is 11.4. The number of benzene rings is 1. The maximum Gasteiger partial charge on any atom is 0.121 e.